The highest BCUT2D eigenvalue weighted by Gasteiger charge is 2.41. The zero-order valence-electron chi connectivity index (χ0n) is 16.0. The lowest BCUT2D eigenvalue weighted by Crippen LogP contribution is -2.57. The van der Waals surface area contributed by atoms with Crippen LogP contribution in [0.1, 0.15) is 28.1 Å². The van der Waals surface area contributed by atoms with Crippen molar-refractivity contribution in [1.82, 2.24) is 25.4 Å². The summed E-state index contributed by atoms with van der Waals surface area (Å²) in [4.78, 5) is 29.7. The summed E-state index contributed by atoms with van der Waals surface area (Å²) in [5.74, 6) is -3.24. The summed E-state index contributed by atoms with van der Waals surface area (Å²) in [6.07, 6.45) is 0.128. The smallest absolute Gasteiger partial charge is 0.291 e. The molecule has 3 aliphatic heterocycles. The average Bonchev–Trinajstić information content (AvgIpc) is 3.21. The highest BCUT2D eigenvalue weighted by atomic mass is 19.1. The van der Waals surface area contributed by atoms with Gasteiger partial charge in [-0.05, 0) is 5.56 Å². The number of benzene rings is 1. The van der Waals surface area contributed by atoms with Gasteiger partial charge in [0, 0.05) is 6.08 Å². The fourth-order valence-electron chi connectivity index (χ4n) is 3.72. The van der Waals surface area contributed by atoms with Gasteiger partial charge in [-0.25, -0.2) is 14.1 Å². The maximum atomic E-state index is 13.8. The number of ketones is 1. The lowest BCUT2D eigenvalue weighted by molar-refractivity contribution is -0.127. The van der Waals surface area contributed by atoms with Crippen molar-refractivity contribution < 1.29 is 27.8 Å². The number of allylic oxidation sites excluding steroid dienone is 2. The zero-order valence-corrected chi connectivity index (χ0v) is 16.0. The highest BCUT2D eigenvalue weighted by molar-refractivity contribution is 5.99. The molecule has 1 amide bonds. The van der Waals surface area contributed by atoms with E-state index in [9.17, 15) is 18.4 Å². The SMILES string of the molecule is O=C(N[C@H]1COC2=C(F)C=C(F)NC2C1=O)c1nc2n(n1)CCO[C@H]2c1ccccc1. The van der Waals surface area contributed by atoms with E-state index in [1.807, 2.05) is 30.3 Å². The number of rotatable bonds is 3. The van der Waals surface area contributed by atoms with E-state index < -0.39 is 41.7 Å². The van der Waals surface area contributed by atoms with Crippen LogP contribution in [0, 0.1) is 0 Å². The van der Waals surface area contributed by atoms with Crippen molar-refractivity contribution in [2.45, 2.75) is 24.7 Å². The van der Waals surface area contributed by atoms with Gasteiger partial charge < -0.3 is 20.1 Å². The van der Waals surface area contributed by atoms with Crippen molar-refractivity contribution in [1.29, 1.82) is 0 Å². The highest BCUT2D eigenvalue weighted by Crippen LogP contribution is 2.28. The molecule has 1 unspecified atom stereocenters. The number of amides is 1. The van der Waals surface area contributed by atoms with Gasteiger partial charge in [0.15, 0.2) is 35.2 Å². The molecular weight excluding hydrogens is 412 g/mol. The van der Waals surface area contributed by atoms with Crippen molar-refractivity contribution in [2.24, 2.45) is 0 Å². The Morgan fingerprint density at radius 1 is 1.26 bits per heavy atom. The number of ether oxygens (including phenoxy) is 2. The lowest BCUT2D eigenvalue weighted by atomic mass is 9.98. The van der Waals surface area contributed by atoms with Gasteiger partial charge in [-0.15, -0.1) is 5.10 Å². The maximum absolute atomic E-state index is 13.8. The Morgan fingerprint density at radius 3 is 2.87 bits per heavy atom. The number of hydrogen-bond acceptors (Lipinski definition) is 7. The van der Waals surface area contributed by atoms with Gasteiger partial charge in [-0.1, -0.05) is 30.3 Å². The first-order valence-corrected chi connectivity index (χ1v) is 9.63. The minimum absolute atomic E-state index is 0.135. The van der Waals surface area contributed by atoms with Crippen LogP contribution in [0.15, 0.2) is 53.9 Å². The molecule has 0 saturated carbocycles. The largest absolute Gasteiger partial charge is 0.490 e. The van der Waals surface area contributed by atoms with E-state index in [4.69, 9.17) is 9.47 Å². The molecule has 1 aromatic carbocycles. The van der Waals surface area contributed by atoms with Gasteiger partial charge in [-0.2, -0.15) is 4.39 Å². The monoisotopic (exact) mass is 429 g/mol. The van der Waals surface area contributed by atoms with Crippen LogP contribution in [-0.4, -0.2) is 51.8 Å². The number of fused-ring (bicyclic) bond motifs is 2. The molecule has 3 atom stereocenters. The van der Waals surface area contributed by atoms with E-state index in [1.165, 1.54) is 0 Å². The van der Waals surface area contributed by atoms with Crippen LogP contribution in [0.5, 0.6) is 0 Å². The summed E-state index contributed by atoms with van der Waals surface area (Å²) in [5, 5.41) is 8.95. The van der Waals surface area contributed by atoms with Crippen LogP contribution >= 0.6 is 0 Å². The lowest BCUT2D eigenvalue weighted by Gasteiger charge is -2.32. The predicted octanol–water partition coefficient (Wildman–Crippen LogP) is 1.06. The Morgan fingerprint density at radius 2 is 2.06 bits per heavy atom. The van der Waals surface area contributed by atoms with Crippen molar-refractivity contribution in [3.8, 4) is 0 Å². The molecule has 1 saturated heterocycles. The Labute approximate surface area is 174 Å². The molecule has 160 valence electrons. The molecule has 31 heavy (non-hydrogen) atoms. The van der Waals surface area contributed by atoms with Gasteiger partial charge in [0.1, 0.15) is 18.8 Å². The summed E-state index contributed by atoms with van der Waals surface area (Å²) >= 11 is 0. The average molecular weight is 429 g/mol. The van der Waals surface area contributed by atoms with E-state index in [-0.39, 0.29) is 18.2 Å². The van der Waals surface area contributed by atoms with Gasteiger partial charge in [-0.3, -0.25) is 9.59 Å². The van der Waals surface area contributed by atoms with Gasteiger partial charge in [0.2, 0.25) is 5.82 Å². The Bertz CT molecular complexity index is 1110. The van der Waals surface area contributed by atoms with E-state index in [0.29, 0.717) is 25.1 Å². The third-order valence-electron chi connectivity index (χ3n) is 5.20. The predicted molar refractivity (Wildman–Crippen MR) is 101 cm³/mol. The minimum atomic E-state index is -1.34. The molecule has 9 nitrogen and oxygen atoms in total. The second-order valence-corrected chi connectivity index (χ2v) is 7.20. The molecule has 5 rings (SSSR count). The summed E-state index contributed by atoms with van der Waals surface area (Å²) in [7, 11) is 0. The van der Waals surface area contributed by atoms with Gasteiger partial charge in [0.25, 0.3) is 5.91 Å². The van der Waals surface area contributed by atoms with Crippen molar-refractivity contribution in [3.05, 3.63) is 71.2 Å². The van der Waals surface area contributed by atoms with Gasteiger partial charge >= 0.3 is 0 Å². The van der Waals surface area contributed by atoms with Crippen LogP contribution in [0.4, 0.5) is 8.78 Å². The first-order valence-electron chi connectivity index (χ1n) is 9.63. The molecule has 4 heterocycles. The molecule has 3 aliphatic rings. The third kappa shape index (κ3) is 3.46. The number of nitrogens with zero attached hydrogens (tertiary/aromatic N) is 3. The molecule has 0 spiro atoms. The van der Waals surface area contributed by atoms with E-state index in [1.54, 1.807) is 4.68 Å². The topological polar surface area (TPSA) is 107 Å². The van der Waals surface area contributed by atoms with Crippen LogP contribution in [-0.2, 0) is 20.8 Å². The molecule has 0 aliphatic carbocycles. The van der Waals surface area contributed by atoms with Crippen LogP contribution < -0.4 is 10.6 Å². The fourth-order valence-corrected chi connectivity index (χ4v) is 3.72. The number of hydrogen-bond donors (Lipinski definition) is 2. The maximum Gasteiger partial charge on any atom is 0.291 e. The van der Waals surface area contributed by atoms with Crippen molar-refractivity contribution in [2.75, 3.05) is 13.2 Å². The normalized spacial score (nSPS) is 25.0. The number of Topliss-reactive ketones (excluding diaryl/α,β-unsaturated/α-hetero) is 1. The van der Waals surface area contributed by atoms with Crippen LogP contribution in [0.2, 0.25) is 0 Å². The molecule has 1 aromatic heterocycles. The first-order chi connectivity index (χ1) is 15.0. The number of halogens is 2. The standard InChI is InChI=1S/C20H17F2N5O4/c21-11-8-13(22)24-14-15(28)12(9-31-17(11)14)23-20(29)18-25-19-16(10-4-2-1-3-5-10)30-7-6-27(19)26-18/h1-5,8,12,14,16,24H,6-7,9H2,(H,23,29)/t12-,14?,16-/m0/s1. The summed E-state index contributed by atoms with van der Waals surface area (Å²) < 4.78 is 40.0. The quantitative estimate of drug-likeness (QED) is 0.703. The second-order valence-electron chi connectivity index (χ2n) is 7.20. The molecule has 2 aromatic rings. The van der Waals surface area contributed by atoms with E-state index in [2.05, 4.69) is 20.7 Å². The van der Waals surface area contributed by atoms with Crippen molar-refractivity contribution in [3.63, 3.8) is 0 Å². The van der Waals surface area contributed by atoms with E-state index in [0.717, 1.165) is 5.56 Å². The summed E-state index contributed by atoms with van der Waals surface area (Å²) in [6, 6.07) is 6.95. The number of nitrogens with one attached hydrogen (secondary N) is 2. The van der Waals surface area contributed by atoms with Gasteiger partial charge in [0.05, 0.1) is 13.2 Å². The van der Waals surface area contributed by atoms with E-state index >= 15 is 0 Å². The van der Waals surface area contributed by atoms with Crippen molar-refractivity contribution >= 4 is 11.7 Å². The molecule has 11 heteroatoms. The minimum Gasteiger partial charge on any atom is -0.490 e. The Kier molecular flexibility index (Phi) is 4.74. The Hall–Kier alpha value is -3.60. The molecule has 0 bridgehead atoms. The number of carbonyl (C=O) groups is 2. The molecule has 1 fully saturated rings. The molecular formula is C20H17F2N5O4. The second kappa shape index (κ2) is 7.58. The molecule has 2 N–H and O–H groups in total. The first kappa shape index (κ1) is 19.4. The zero-order chi connectivity index (χ0) is 21.5. The summed E-state index contributed by atoms with van der Waals surface area (Å²) in [6.45, 7) is 0.540. The fraction of sp³-hybridized carbons (Fsp3) is 0.300. The number of carbonyl (C=O) groups excluding carboxylic acids is 2. The third-order valence-corrected chi connectivity index (χ3v) is 5.20. The molecule has 0 radical (unpaired) electrons. The Balaban J connectivity index is 1.34. The van der Waals surface area contributed by atoms with Crippen LogP contribution in [0.25, 0.3) is 0 Å². The number of aromatic nitrogens is 3. The van der Waals surface area contributed by atoms with Crippen LogP contribution in [0.3, 0.4) is 0 Å². The number of dihydropyridines is 1. The summed E-state index contributed by atoms with van der Waals surface area (Å²) in [5.41, 5.74) is 0.874.